The number of thiazole rings is 2. The SMILES string of the molecule is CC(C)C(=O)NC(CN(Cc1ccccc1)C(=O)O)C(Cc1cncs1)NC(=O)OC(Cc1ccccc1)c1cncs1. The minimum Gasteiger partial charge on any atom is -0.465 e. The van der Waals surface area contributed by atoms with Crippen molar-refractivity contribution in [2.75, 3.05) is 6.54 Å². The second-order valence-electron chi connectivity index (χ2n) is 10.3. The van der Waals surface area contributed by atoms with E-state index >= 15 is 0 Å². The molecule has 226 valence electrons. The molecule has 4 rings (SSSR count). The van der Waals surface area contributed by atoms with Gasteiger partial charge in [-0.15, -0.1) is 22.7 Å². The fraction of sp³-hybridized carbons (Fsp3) is 0.323. The number of carbonyl (C=O) groups excluding carboxylic acids is 2. The number of alkyl carbamates (subject to hydrolysis) is 1. The van der Waals surface area contributed by atoms with E-state index in [-0.39, 0.29) is 24.9 Å². The van der Waals surface area contributed by atoms with Crippen LogP contribution in [0.15, 0.2) is 84.1 Å². The van der Waals surface area contributed by atoms with E-state index in [1.54, 1.807) is 37.3 Å². The molecule has 0 spiro atoms. The van der Waals surface area contributed by atoms with Crippen LogP contribution in [-0.2, 0) is 28.9 Å². The van der Waals surface area contributed by atoms with Gasteiger partial charge in [-0.25, -0.2) is 9.59 Å². The number of carboxylic acid groups (broad SMARTS) is 1. The number of hydrogen-bond donors (Lipinski definition) is 3. The van der Waals surface area contributed by atoms with Gasteiger partial charge in [0.2, 0.25) is 5.91 Å². The molecule has 0 aliphatic heterocycles. The Morgan fingerprint density at radius 2 is 1.51 bits per heavy atom. The largest absolute Gasteiger partial charge is 0.465 e. The van der Waals surface area contributed by atoms with Crippen molar-refractivity contribution in [3.63, 3.8) is 0 Å². The highest BCUT2D eigenvalue weighted by Gasteiger charge is 2.31. The summed E-state index contributed by atoms with van der Waals surface area (Å²) >= 11 is 2.80. The van der Waals surface area contributed by atoms with Gasteiger partial charge in [-0.1, -0.05) is 74.5 Å². The highest BCUT2D eigenvalue weighted by Crippen LogP contribution is 2.26. The first-order valence-corrected chi connectivity index (χ1v) is 15.6. The Hall–Kier alpha value is -4.29. The lowest BCUT2D eigenvalue weighted by Crippen LogP contribution is -2.58. The van der Waals surface area contributed by atoms with Crippen LogP contribution >= 0.6 is 22.7 Å². The van der Waals surface area contributed by atoms with E-state index in [9.17, 15) is 19.5 Å². The van der Waals surface area contributed by atoms with Gasteiger partial charge < -0.3 is 25.4 Å². The molecule has 0 radical (unpaired) electrons. The van der Waals surface area contributed by atoms with E-state index in [1.807, 2.05) is 60.7 Å². The number of benzene rings is 2. The van der Waals surface area contributed by atoms with Gasteiger partial charge in [0.25, 0.3) is 0 Å². The van der Waals surface area contributed by atoms with E-state index < -0.39 is 30.4 Å². The van der Waals surface area contributed by atoms with Gasteiger partial charge in [0, 0.05) is 49.1 Å². The number of carbonyl (C=O) groups is 3. The minimum atomic E-state index is -1.14. The molecule has 2 aromatic heterocycles. The third-order valence-electron chi connectivity index (χ3n) is 6.73. The van der Waals surface area contributed by atoms with Crippen LogP contribution in [0, 0.1) is 5.92 Å². The molecule has 3 unspecified atom stereocenters. The van der Waals surface area contributed by atoms with E-state index in [2.05, 4.69) is 20.6 Å². The van der Waals surface area contributed by atoms with Crippen molar-refractivity contribution in [1.29, 1.82) is 0 Å². The van der Waals surface area contributed by atoms with Gasteiger partial charge in [0.15, 0.2) is 0 Å². The van der Waals surface area contributed by atoms with E-state index in [1.165, 1.54) is 27.6 Å². The Labute approximate surface area is 258 Å². The molecule has 3 N–H and O–H groups in total. The first kappa shape index (κ1) is 31.6. The highest BCUT2D eigenvalue weighted by atomic mass is 32.1. The molecule has 43 heavy (non-hydrogen) atoms. The number of nitrogens with one attached hydrogen (secondary N) is 2. The Morgan fingerprint density at radius 1 is 0.860 bits per heavy atom. The van der Waals surface area contributed by atoms with Crippen LogP contribution in [-0.4, -0.2) is 56.7 Å². The molecular weight excluding hydrogens is 587 g/mol. The number of rotatable bonds is 14. The lowest BCUT2D eigenvalue weighted by Gasteiger charge is -2.33. The van der Waals surface area contributed by atoms with Crippen LogP contribution in [0.3, 0.4) is 0 Å². The number of nitrogens with zero attached hydrogens (tertiary/aromatic N) is 3. The summed E-state index contributed by atoms with van der Waals surface area (Å²) in [4.78, 5) is 50.0. The summed E-state index contributed by atoms with van der Waals surface area (Å²) in [6.45, 7) is 3.57. The fourth-order valence-corrected chi connectivity index (χ4v) is 5.76. The maximum absolute atomic E-state index is 13.5. The predicted molar refractivity (Wildman–Crippen MR) is 166 cm³/mol. The molecule has 0 aliphatic rings. The van der Waals surface area contributed by atoms with Gasteiger partial charge in [-0.05, 0) is 11.1 Å². The molecule has 0 fully saturated rings. The molecule has 0 aliphatic carbocycles. The quantitative estimate of drug-likeness (QED) is 0.168. The molecule has 0 bridgehead atoms. The normalized spacial score (nSPS) is 13.1. The second-order valence-corrected chi connectivity index (χ2v) is 12.2. The van der Waals surface area contributed by atoms with Crippen molar-refractivity contribution in [2.45, 2.75) is 51.4 Å². The summed E-state index contributed by atoms with van der Waals surface area (Å²) in [6, 6.07) is 17.5. The summed E-state index contributed by atoms with van der Waals surface area (Å²) in [7, 11) is 0. The Morgan fingerprint density at radius 3 is 2.09 bits per heavy atom. The van der Waals surface area contributed by atoms with Crippen molar-refractivity contribution in [3.8, 4) is 0 Å². The second kappa shape index (κ2) is 15.8. The number of hydrogen-bond acceptors (Lipinski definition) is 8. The molecule has 2 aromatic carbocycles. The van der Waals surface area contributed by atoms with Gasteiger partial charge in [0.05, 0.1) is 28.0 Å². The summed E-state index contributed by atoms with van der Waals surface area (Å²) in [6.07, 6.45) is 1.73. The number of ether oxygens (including phenoxy) is 1. The van der Waals surface area contributed by atoms with Crippen molar-refractivity contribution in [1.82, 2.24) is 25.5 Å². The monoisotopic (exact) mass is 621 g/mol. The van der Waals surface area contributed by atoms with Crippen molar-refractivity contribution in [2.24, 2.45) is 5.92 Å². The molecule has 12 heteroatoms. The van der Waals surface area contributed by atoms with Crippen molar-refractivity contribution >= 4 is 40.8 Å². The van der Waals surface area contributed by atoms with Crippen molar-refractivity contribution < 1.29 is 24.2 Å². The standard InChI is InChI=1S/C31H35N5O5S2/c1-21(2)29(37)34-26(18-36(31(39)40)17-23-11-7-4-8-12-23)25(14-24-15-32-19-42-24)35-30(38)41-27(28-16-33-20-43-28)13-22-9-5-3-6-10-22/h3-12,15-16,19-21,25-27H,13-14,17-18H2,1-2H3,(H,34,37)(H,35,38)(H,39,40). The summed E-state index contributed by atoms with van der Waals surface area (Å²) in [5.41, 5.74) is 5.17. The molecule has 0 saturated heterocycles. The van der Waals surface area contributed by atoms with Crippen LogP contribution in [0.2, 0.25) is 0 Å². The zero-order chi connectivity index (χ0) is 30.6. The van der Waals surface area contributed by atoms with Crippen LogP contribution in [0.25, 0.3) is 0 Å². The molecule has 3 amide bonds. The smallest absolute Gasteiger partial charge is 0.408 e. The average molecular weight is 622 g/mol. The number of aromatic nitrogens is 2. The van der Waals surface area contributed by atoms with Gasteiger partial charge in [-0.3, -0.25) is 14.8 Å². The summed E-state index contributed by atoms with van der Waals surface area (Å²) < 4.78 is 5.96. The first-order chi connectivity index (χ1) is 20.8. The van der Waals surface area contributed by atoms with Crippen LogP contribution in [0.4, 0.5) is 9.59 Å². The maximum Gasteiger partial charge on any atom is 0.408 e. The molecule has 10 nitrogen and oxygen atoms in total. The molecule has 2 heterocycles. The van der Waals surface area contributed by atoms with Crippen LogP contribution in [0.5, 0.6) is 0 Å². The Bertz CT molecular complexity index is 1420. The van der Waals surface area contributed by atoms with Crippen LogP contribution in [0.1, 0.15) is 40.8 Å². The third-order valence-corrected chi connectivity index (χ3v) is 8.40. The molecule has 3 atom stereocenters. The first-order valence-electron chi connectivity index (χ1n) is 13.9. The van der Waals surface area contributed by atoms with E-state index in [0.29, 0.717) is 12.8 Å². The number of amides is 3. The molecular formula is C31H35N5O5S2. The van der Waals surface area contributed by atoms with Crippen LogP contribution < -0.4 is 10.6 Å². The zero-order valence-corrected chi connectivity index (χ0v) is 25.6. The molecule has 4 aromatic rings. The average Bonchev–Trinajstić information content (AvgIpc) is 3.72. The van der Waals surface area contributed by atoms with Gasteiger partial charge >= 0.3 is 12.2 Å². The Kier molecular flexibility index (Phi) is 11.6. The fourth-order valence-electron chi connectivity index (χ4n) is 4.46. The van der Waals surface area contributed by atoms with Gasteiger partial charge in [0.1, 0.15) is 6.10 Å². The lowest BCUT2D eigenvalue weighted by molar-refractivity contribution is -0.125. The molecule has 0 saturated carbocycles. The predicted octanol–water partition coefficient (Wildman–Crippen LogP) is 5.54. The third kappa shape index (κ3) is 9.90. The zero-order valence-electron chi connectivity index (χ0n) is 24.0. The van der Waals surface area contributed by atoms with E-state index in [0.717, 1.165) is 20.9 Å². The topological polar surface area (TPSA) is 134 Å². The maximum atomic E-state index is 13.5. The minimum absolute atomic E-state index is 0.0608. The Balaban J connectivity index is 1.59. The lowest BCUT2D eigenvalue weighted by atomic mass is 10.0. The van der Waals surface area contributed by atoms with Gasteiger partial charge in [-0.2, -0.15) is 0 Å². The van der Waals surface area contributed by atoms with Crippen molar-refractivity contribution in [3.05, 3.63) is 105 Å². The highest BCUT2D eigenvalue weighted by molar-refractivity contribution is 7.09. The summed E-state index contributed by atoms with van der Waals surface area (Å²) in [5, 5.41) is 16.0. The summed E-state index contributed by atoms with van der Waals surface area (Å²) in [5.74, 6) is -0.612. The van der Waals surface area contributed by atoms with E-state index in [4.69, 9.17) is 4.74 Å².